The summed E-state index contributed by atoms with van der Waals surface area (Å²) < 4.78 is 0.848. The molecule has 128 valence electrons. The summed E-state index contributed by atoms with van der Waals surface area (Å²) in [4.78, 5) is 24.4. The van der Waals surface area contributed by atoms with Crippen molar-refractivity contribution in [2.75, 3.05) is 11.9 Å². The summed E-state index contributed by atoms with van der Waals surface area (Å²) >= 11 is 3.41. The predicted octanol–water partition coefficient (Wildman–Crippen LogP) is 4.03. The molecule has 2 atom stereocenters. The molecule has 24 heavy (non-hydrogen) atoms. The lowest BCUT2D eigenvalue weighted by molar-refractivity contribution is -0.125. The summed E-state index contributed by atoms with van der Waals surface area (Å²) in [5, 5.41) is 5.87. The molecular weight excluding hydrogens is 368 g/mol. The lowest BCUT2D eigenvalue weighted by atomic mass is 9.97. The molecule has 0 radical (unpaired) electrons. The van der Waals surface area contributed by atoms with Gasteiger partial charge in [-0.1, -0.05) is 23.8 Å². The fraction of sp³-hybridized carbons (Fsp3) is 0.474. The molecule has 1 saturated carbocycles. The molecule has 2 aliphatic rings. The Morgan fingerprint density at radius 1 is 1.12 bits per heavy atom. The third-order valence-electron chi connectivity index (χ3n) is 4.73. The van der Waals surface area contributed by atoms with Crippen molar-refractivity contribution in [3.63, 3.8) is 0 Å². The van der Waals surface area contributed by atoms with Gasteiger partial charge in [0.1, 0.15) is 0 Å². The van der Waals surface area contributed by atoms with Gasteiger partial charge < -0.3 is 10.6 Å². The Balaban J connectivity index is 1.41. The summed E-state index contributed by atoms with van der Waals surface area (Å²) in [5.74, 6) is -0.436. The number of para-hydroxylation sites is 1. The average Bonchev–Trinajstić information content (AvgIpc) is 3.39. The Kier molecular flexibility index (Phi) is 5.72. The Hall–Kier alpha value is -1.62. The first-order valence-corrected chi connectivity index (χ1v) is 9.45. The Bertz CT molecular complexity index is 657. The molecule has 1 aromatic rings. The van der Waals surface area contributed by atoms with Crippen LogP contribution in [-0.2, 0) is 9.59 Å². The summed E-state index contributed by atoms with van der Waals surface area (Å²) in [6.07, 6.45) is 8.77. The molecule has 1 aromatic carbocycles. The number of benzene rings is 1. The highest BCUT2D eigenvalue weighted by molar-refractivity contribution is 9.10. The van der Waals surface area contributed by atoms with Crippen LogP contribution in [0.4, 0.5) is 5.69 Å². The number of carbonyl (C=O) groups excluding carboxylic acids is 2. The van der Waals surface area contributed by atoms with Crippen molar-refractivity contribution in [3.8, 4) is 0 Å². The highest BCUT2D eigenvalue weighted by Crippen LogP contribution is 2.40. The van der Waals surface area contributed by atoms with Crippen LogP contribution in [0.25, 0.3) is 0 Å². The van der Waals surface area contributed by atoms with E-state index in [1.807, 2.05) is 24.3 Å². The van der Waals surface area contributed by atoms with Crippen LogP contribution in [0.1, 0.15) is 38.5 Å². The van der Waals surface area contributed by atoms with Gasteiger partial charge in [0, 0.05) is 11.0 Å². The molecule has 0 aliphatic heterocycles. The maximum Gasteiger partial charge on any atom is 0.228 e. The molecule has 0 saturated heterocycles. The van der Waals surface area contributed by atoms with Crippen molar-refractivity contribution in [2.24, 2.45) is 11.8 Å². The number of halogens is 1. The zero-order valence-electron chi connectivity index (χ0n) is 13.7. The van der Waals surface area contributed by atoms with E-state index in [1.54, 1.807) is 0 Å². The maximum absolute atomic E-state index is 12.2. The van der Waals surface area contributed by atoms with Gasteiger partial charge in [0.05, 0.1) is 17.5 Å². The molecule has 0 spiro atoms. The molecule has 5 heteroatoms. The number of allylic oxidation sites excluding steroid dienone is 1. The Morgan fingerprint density at radius 3 is 2.67 bits per heavy atom. The lowest BCUT2D eigenvalue weighted by Gasteiger charge is -2.13. The maximum atomic E-state index is 12.2. The molecule has 4 nitrogen and oxygen atoms in total. The van der Waals surface area contributed by atoms with Crippen molar-refractivity contribution in [2.45, 2.75) is 38.5 Å². The van der Waals surface area contributed by atoms with Gasteiger partial charge in [-0.15, -0.1) is 0 Å². The number of carbonyl (C=O) groups is 2. The molecule has 3 rings (SSSR count). The molecule has 2 unspecified atom stereocenters. The number of hydrogen-bond acceptors (Lipinski definition) is 2. The first-order chi connectivity index (χ1) is 11.6. The molecule has 0 heterocycles. The van der Waals surface area contributed by atoms with Gasteiger partial charge in [0.25, 0.3) is 0 Å². The van der Waals surface area contributed by atoms with E-state index in [-0.39, 0.29) is 23.7 Å². The molecular formula is C19H23BrN2O2. The molecule has 1 fully saturated rings. The first-order valence-electron chi connectivity index (χ1n) is 8.66. The van der Waals surface area contributed by atoms with Crippen LogP contribution >= 0.6 is 15.9 Å². The van der Waals surface area contributed by atoms with Crippen LogP contribution in [0, 0.1) is 11.8 Å². The van der Waals surface area contributed by atoms with Crippen molar-refractivity contribution in [3.05, 3.63) is 40.4 Å². The second kappa shape index (κ2) is 7.97. The number of rotatable bonds is 6. The zero-order chi connectivity index (χ0) is 16.9. The van der Waals surface area contributed by atoms with Gasteiger partial charge in [-0.3, -0.25) is 9.59 Å². The van der Waals surface area contributed by atoms with E-state index < -0.39 is 0 Å². The third-order valence-corrected chi connectivity index (χ3v) is 5.42. The van der Waals surface area contributed by atoms with Crippen molar-refractivity contribution in [1.82, 2.24) is 5.32 Å². The number of hydrogen-bond donors (Lipinski definition) is 2. The van der Waals surface area contributed by atoms with E-state index in [0.29, 0.717) is 13.0 Å². The summed E-state index contributed by atoms with van der Waals surface area (Å²) in [6, 6.07) is 7.50. The van der Waals surface area contributed by atoms with E-state index in [4.69, 9.17) is 0 Å². The average molecular weight is 391 g/mol. The van der Waals surface area contributed by atoms with E-state index in [9.17, 15) is 9.59 Å². The van der Waals surface area contributed by atoms with Crippen LogP contribution in [0.3, 0.4) is 0 Å². The molecule has 0 bridgehead atoms. The van der Waals surface area contributed by atoms with E-state index in [1.165, 1.54) is 24.8 Å². The fourth-order valence-corrected chi connectivity index (χ4v) is 3.56. The van der Waals surface area contributed by atoms with E-state index >= 15 is 0 Å². The van der Waals surface area contributed by atoms with Gasteiger partial charge in [0.15, 0.2) is 0 Å². The first kappa shape index (κ1) is 17.2. The largest absolute Gasteiger partial charge is 0.356 e. The smallest absolute Gasteiger partial charge is 0.228 e. The molecule has 0 aromatic heterocycles. The number of amides is 2. The second-order valence-electron chi connectivity index (χ2n) is 6.57. The SMILES string of the molecule is O=C(NCCC1=CCCCC1)C1CC1C(=O)Nc1ccccc1Br. The van der Waals surface area contributed by atoms with Gasteiger partial charge in [-0.2, -0.15) is 0 Å². The topological polar surface area (TPSA) is 58.2 Å². The van der Waals surface area contributed by atoms with Crippen LogP contribution in [0.15, 0.2) is 40.4 Å². The summed E-state index contributed by atoms with van der Waals surface area (Å²) in [7, 11) is 0. The lowest BCUT2D eigenvalue weighted by Crippen LogP contribution is -2.28. The van der Waals surface area contributed by atoms with Crippen LogP contribution in [0.5, 0.6) is 0 Å². The van der Waals surface area contributed by atoms with Crippen molar-refractivity contribution >= 4 is 33.4 Å². The molecule has 2 aliphatic carbocycles. The minimum Gasteiger partial charge on any atom is -0.356 e. The highest BCUT2D eigenvalue weighted by atomic mass is 79.9. The Labute approximate surface area is 151 Å². The zero-order valence-corrected chi connectivity index (χ0v) is 15.3. The number of nitrogens with one attached hydrogen (secondary N) is 2. The quantitative estimate of drug-likeness (QED) is 0.720. The predicted molar refractivity (Wildman–Crippen MR) is 98.5 cm³/mol. The standard InChI is InChI=1S/C19H23BrN2O2/c20-16-8-4-5-9-17(16)22-19(24)15-12-14(15)18(23)21-11-10-13-6-2-1-3-7-13/h4-6,8-9,14-15H,1-3,7,10-12H2,(H,21,23)(H,22,24). The van der Waals surface area contributed by atoms with Crippen LogP contribution < -0.4 is 10.6 Å². The van der Waals surface area contributed by atoms with Gasteiger partial charge in [0.2, 0.25) is 11.8 Å². The Morgan fingerprint density at radius 2 is 1.92 bits per heavy atom. The fourth-order valence-electron chi connectivity index (χ4n) is 3.17. The number of anilines is 1. The third kappa shape index (κ3) is 4.47. The second-order valence-corrected chi connectivity index (χ2v) is 7.42. The van der Waals surface area contributed by atoms with Gasteiger partial charge in [-0.05, 0) is 66.6 Å². The molecule has 2 N–H and O–H groups in total. The van der Waals surface area contributed by atoms with Gasteiger partial charge in [-0.25, -0.2) is 0 Å². The normalized spacial score (nSPS) is 22.5. The minimum atomic E-state index is -0.203. The van der Waals surface area contributed by atoms with Gasteiger partial charge >= 0.3 is 0 Å². The van der Waals surface area contributed by atoms with E-state index in [0.717, 1.165) is 23.0 Å². The van der Waals surface area contributed by atoms with Crippen molar-refractivity contribution in [1.29, 1.82) is 0 Å². The monoisotopic (exact) mass is 390 g/mol. The summed E-state index contributed by atoms with van der Waals surface area (Å²) in [5.41, 5.74) is 2.21. The molecule has 2 amide bonds. The van der Waals surface area contributed by atoms with E-state index in [2.05, 4.69) is 32.6 Å². The summed E-state index contributed by atoms with van der Waals surface area (Å²) in [6.45, 7) is 0.680. The minimum absolute atomic E-state index is 0.0127. The van der Waals surface area contributed by atoms with Crippen LogP contribution in [0.2, 0.25) is 0 Å². The van der Waals surface area contributed by atoms with Crippen molar-refractivity contribution < 1.29 is 9.59 Å². The highest BCUT2D eigenvalue weighted by Gasteiger charge is 2.47. The van der Waals surface area contributed by atoms with Crippen LogP contribution in [-0.4, -0.2) is 18.4 Å².